The van der Waals surface area contributed by atoms with E-state index in [1.807, 2.05) is 0 Å². The lowest BCUT2D eigenvalue weighted by Gasteiger charge is -2.46. The lowest BCUT2D eigenvalue weighted by molar-refractivity contribution is 0.402. The van der Waals surface area contributed by atoms with Crippen molar-refractivity contribution in [3.63, 3.8) is 0 Å². The molecule has 77 heavy (non-hydrogen) atoms. The van der Waals surface area contributed by atoms with Crippen LogP contribution in [0.2, 0.25) is 0 Å². The molecule has 0 atom stereocenters. The summed E-state index contributed by atoms with van der Waals surface area (Å²) in [6, 6.07) is 74.3. The van der Waals surface area contributed by atoms with E-state index in [0.717, 1.165) is 29.9 Å². The van der Waals surface area contributed by atoms with Gasteiger partial charge in [-0.05, 0) is 180 Å². The Morgan fingerprint density at radius 1 is 0.390 bits per heavy atom. The monoisotopic (exact) mass is 1000 g/mol. The first-order chi connectivity index (χ1) is 36.7. The first-order valence-electron chi connectivity index (χ1n) is 28.1. The van der Waals surface area contributed by atoms with Crippen LogP contribution >= 0.6 is 0 Å². The van der Waals surface area contributed by atoms with Crippen LogP contribution in [0.15, 0.2) is 194 Å². The minimum absolute atomic E-state index is 0.00203. The van der Waals surface area contributed by atoms with Gasteiger partial charge in [0.25, 0.3) is 6.71 Å². The first-order valence-corrected chi connectivity index (χ1v) is 28.1. The third-order valence-corrected chi connectivity index (χ3v) is 18.0. The fourth-order valence-electron chi connectivity index (χ4n) is 14.9. The number of aryl methyl sites for hydroxylation is 1. The molecule has 0 unspecified atom stereocenters. The number of nitrogens with zero attached hydrogens (tertiary/aromatic N) is 3. The summed E-state index contributed by atoms with van der Waals surface area (Å²) in [6.07, 6.45) is 2.18. The average Bonchev–Trinajstić information content (AvgIpc) is 3.81. The Morgan fingerprint density at radius 3 is 1.39 bits per heavy atom. The van der Waals surface area contributed by atoms with Crippen LogP contribution in [0.4, 0.5) is 51.2 Å². The number of benzene rings is 9. The SMILES string of the molecule is Cc1cc2c(cc1N1c3ccc(-c4ccccc4)cc3B3c4cc5c(cc4N(c4ccc(C(C)(C)C)cc4-c4ccccc4)c4cc(N(c6ccccc6)c6ccccc6)cc1c43)C(C)(C)CC5(C)C)C(C)(C)CC2(C)C. The largest absolute Gasteiger partial charge is 0.311 e. The van der Waals surface area contributed by atoms with Crippen molar-refractivity contribution < 1.29 is 0 Å². The van der Waals surface area contributed by atoms with Gasteiger partial charge in [0, 0.05) is 45.4 Å². The molecule has 4 heteroatoms. The van der Waals surface area contributed by atoms with E-state index in [9.17, 15) is 0 Å². The van der Waals surface area contributed by atoms with Crippen molar-refractivity contribution in [2.75, 3.05) is 14.7 Å². The molecule has 2 aliphatic heterocycles. The van der Waals surface area contributed by atoms with Crippen molar-refractivity contribution in [1.82, 2.24) is 0 Å². The molecule has 2 aliphatic carbocycles. The Labute approximate surface area is 459 Å². The molecule has 0 aromatic heterocycles. The Balaban J connectivity index is 1.21. The van der Waals surface area contributed by atoms with E-state index in [-0.39, 0.29) is 33.8 Å². The van der Waals surface area contributed by atoms with Crippen molar-refractivity contribution in [2.45, 2.75) is 123 Å². The lowest BCUT2D eigenvalue weighted by Crippen LogP contribution is -2.61. The third kappa shape index (κ3) is 7.83. The van der Waals surface area contributed by atoms with Crippen LogP contribution in [0.5, 0.6) is 0 Å². The molecule has 2 heterocycles. The maximum Gasteiger partial charge on any atom is 0.252 e. The smallest absolute Gasteiger partial charge is 0.252 e. The lowest BCUT2D eigenvalue weighted by atomic mass is 9.33. The van der Waals surface area contributed by atoms with E-state index in [4.69, 9.17) is 0 Å². The summed E-state index contributed by atoms with van der Waals surface area (Å²) in [6.45, 7) is 29.0. The van der Waals surface area contributed by atoms with Gasteiger partial charge in [0.15, 0.2) is 0 Å². The van der Waals surface area contributed by atoms with E-state index in [0.29, 0.717) is 0 Å². The second-order valence-electron chi connectivity index (χ2n) is 26.5. The van der Waals surface area contributed by atoms with E-state index in [1.54, 1.807) is 0 Å². The fourth-order valence-corrected chi connectivity index (χ4v) is 14.9. The zero-order valence-electron chi connectivity index (χ0n) is 47.3. The molecule has 0 saturated carbocycles. The highest BCUT2D eigenvalue weighted by atomic mass is 15.2. The summed E-state index contributed by atoms with van der Waals surface area (Å²) in [7, 11) is 0. The van der Waals surface area contributed by atoms with Crippen LogP contribution < -0.4 is 31.1 Å². The van der Waals surface area contributed by atoms with Crippen molar-refractivity contribution in [3.8, 4) is 22.3 Å². The number of hydrogen-bond acceptors (Lipinski definition) is 3. The van der Waals surface area contributed by atoms with Gasteiger partial charge in [0.05, 0.1) is 11.4 Å². The topological polar surface area (TPSA) is 9.72 Å². The molecular weight excluding hydrogens is 930 g/mol. The molecule has 13 rings (SSSR count). The van der Waals surface area contributed by atoms with Crippen LogP contribution in [0, 0.1) is 6.92 Å². The molecule has 0 saturated heterocycles. The summed E-state index contributed by atoms with van der Waals surface area (Å²) in [5.41, 5.74) is 27.9. The second kappa shape index (κ2) is 17.2. The average molecular weight is 1000 g/mol. The summed E-state index contributed by atoms with van der Waals surface area (Å²) in [5, 5.41) is 0. The molecule has 0 radical (unpaired) electrons. The molecule has 9 aromatic rings. The molecule has 9 aromatic carbocycles. The van der Waals surface area contributed by atoms with Gasteiger partial charge in [0.1, 0.15) is 0 Å². The first kappa shape index (κ1) is 49.0. The summed E-state index contributed by atoms with van der Waals surface area (Å²) < 4.78 is 0. The molecule has 4 aliphatic rings. The maximum absolute atomic E-state index is 2.70. The minimum Gasteiger partial charge on any atom is -0.311 e. The predicted molar refractivity (Wildman–Crippen MR) is 331 cm³/mol. The van der Waals surface area contributed by atoms with Crippen LogP contribution in [-0.2, 0) is 27.1 Å². The van der Waals surface area contributed by atoms with Crippen LogP contribution in [0.3, 0.4) is 0 Å². The van der Waals surface area contributed by atoms with Gasteiger partial charge in [-0.1, -0.05) is 204 Å². The van der Waals surface area contributed by atoms with Gasteiger partial charge < -0.3 is 14.7 Å². The number of hydrogen-bond donors (Lipinski definition) is 0. The molecular formula is C73H72BN3. The standard InChI is InChI=1S/C73H72BN3/c1-47-37-56-58(72(9,10)45-70(56,5)6)43-64(47)77-63-35-33-50(48-25-17-13-18-26-48)38-60(63)74-61-42-57-59(73(11,12)46-71(57,7)8)44-65(61)76(62-36-34-51(69(2,3)4)39-55(62)49-27-19-14-20-28-49)66-40-54(41-67(77)68(66)74)75(52-29-21-15-22-30-52)53-31-23-16-24-32-53/h13-44H,45-46H2,1-12H3. The number of rotatable bonds is 7. The molecule has 0 spiro atoms. The van der Waals surface area contributed by atoms with E-state index in [1.165, 1.54) is 106 Å². The molecule has 0 amide bonds. The summed E-state index contributed by atoms with van der Waals surface area (Å²) >= 11 is 0. The van der Waals surface area contributed by atoms with Crippen molar-refractivity contribution in [1.29, 1.82) is 0 Å². The van der Waals surface area contributed by atoms with Gasteiger partial charge >= 0.3 is 0 Å². The molecule has 0 N–H and O–H groups in total. The van der Waals surface area contributed by atoms with Gasteiger partial charge in [-0.3, -0.25) is 0 Å². The van der Waals surface area contributed by atoms with Crippen molar-refractivity contribution >= 4 is 74.3 Å². The Hall–Kier alpha value is -7.56. The van der Waals surface area contributed by atoms with Crippen LogP contribution in [0.1, 0.15) is 122 Å². The van der Waals surface area contributed by atoms with Gasteiger partial charge in [-0.2, -0.15) is 0 Å². The zero-order valence-corrected chi connectivity index (χ0v) is 47.3. The molecule has 0 bridgehead atoms. The number of para-hydroxylation sites is 2. The van der Waals surface area contributed by atoms with Crippen LogP contribution in [0.25, 0.3) is 22.3 Å². The van der Waals surface area contributed by atoms with Crippen molar-refractivity contribution in [3.05, 3.63) is 228 Å². The van der Waals surface area contributed by atoms with Gasteiger partial charge in [0.2, 0.25) is 0 Å². The number of anilines is 9. The Morgan fingerprint density at radius 2 is 0.844 bits per heavy atom. The highest BCUT2D eigenvalue weighted by Crippen LogP contribution is 2.57. The number of fused-ring (bicyclic) bond motifs is 6. The molecule has 382 valence electrons. The van der Waals surface area contributed by atoms with E-state index < -0.39 is 0 Å². The Kier molecular flexibility index (Phi) is 11.0. The quantitative estimate of drug-likeness (QED) is 0.147. The maximum atomic E-state index is 2.70. The predicted octanol–water partition coefficient (Wildman–Crippen LogP) is 18.1. The summed E-state index contributed by atoms with van der Waals surface area (Å²) in [5.74, 6) is 0. The van der Waals surface area contributed by atoms with Gasteiger partial charge in [-0.15, -0.1) is 0 Å². The normalized spacial score (nSPS) is 16.8. The van der Waals surface area contributed by atoms with Gasteiger partial charge in [-0.25, -0.2) is 0 Å². The molecule has 3 nitrogen and oxygen atoms in total. The highest BCUT2D eigenvalue weighted by Gasteiger charge is 2.50. The highest BCUT2D eigenvalue weighted by molar-refractivity contribution is 7.00. The van der Waals surface area contributed by atoms with E-state index in [2.05, 4.69) is 292 Å². The minimum atomic E-state index is -0.0824. The Bertz CT molecular complexity index is 3770. The van der Waals surface area contributed by atoms with Crippen molar-refractivity contribution in [2.24, 2.45) is 0 Å². The van der Waals surface area contributed by atoms with Crippen LogP contribution in [-0.4, -0.2) is 6.71 Å². The van der Waals surface area contributed by atoms with E-state index >= 15 is 0 Å². The molecule has 0 fully saturated rings. The third-order valence-electron chi connectivity index (χ3n) is 18.0. The zero-order chi connectivity index (χ0) is 53.6. The fraction of sp³-hybridized carbons (Fsp3) is 0.260. The summed E-state index contributed by atoms with van der Waals surface area (Å²) in [4.78, 5) is 7.85. The second-order valence-corrected chi connectivity index (χ2v) is 26.5.